The van der Waals surface area contributed by atoms with Gasteiger partial charge in [-0.3, -0.25) is 9.97 Å². The summed E-state index contributed by atoms with van der Waals surface area (Å²) in [4.78, 5) is 40.6. The van der Waals surface area contributed by atoms with Gasteiger partial charge in [0.25, 0.3) is 0 Å². The van der Waals surface area contributed by atoms with Gasteiger partial charge in [-0.15, -0.1) is 0 Å². The molecule has 0 spiro atoms. The molecule has 0 aliphatic heterocycles. The monoisotopic (exact) mass is 1900 g/mol. The molecule has 18 aromatic carbocycles. The molecule has 29 aromatic rings. The van der Waals surface area contributed by atoms with Gasteiger partial charge in [0.1, 0.15) is 34.4 Å². The molecule has 0 aliphatic carbocycles. The molecule has 29 rings (SSSR count). The summed E-state index contributed by atoms with van der Waals surface area (Å²) in [6, 6.07) is 177. The Hall–Kier alpha value is -20.1. The van der Waals surface area contributed by atoms with E-state index in [2.05, 4.69) is 380 Å². The van der Waals surface area contributed by atoms with Crippen molar-refractivity contribution in [3.8, 4) is 169 Å². The van der Waals surface area contributed by atoms with E-state index in [1.54, 1.807) is 12.4 Å². The third-order valence-corrected chi connectivity index (χ3v) is 28.3. The number of rotatable bonds is 15. The Morgan fingerprint density at radius 2 is 0.416 bits per heavy atom. The predicted octanol–water partition coefficient (Wildman–Crippen LogP) is 36.7. The lowest BCUT2D eigenvalue weighted by Gasteiger charge is -2.13. The molecule has 11 nitrogen and oxygen atoms in total. The Kier molecular flexibility index (Phi) is 22.4. The molecule has 0 aliphatic rings. The van der Waals surface area contributed by atoms with E-state index < -0.39 is 0 Å². The highest BCUT2D eigenvalue weighted by molar-refractivity contribution is 6.27. The second-order valence-corrected chi connectivity index (χ2v) is 37.3. The molecule has 0 saturated heterocycles. The van der Waals surface area contributed by atoms with Gasteiger partial charge in [0.2, 0.25) is 0 Å². The molecule has 11 aromatic heterocycles. The van der Waals surface area contributed by atoms with Crippen LogP contribution in [0, 0.1) is 0 Å². The Balaban J connectivity index is 0.000000110. The lowest BCUT2D eigenvalue weighted by molar-refractivity contribution is 0.632. The molecular formula is C138H86N8O3. The van der Waals surface area contributed by atoms with Crippen molar-refractivity contribution in [2.75, 3.05) is 0 Å². The SMILES string of the molecule is c1ccc(-c2ccc3ccc4ccc(-c5ccc6c(c5)nc(-c5ccccc5)c5oc(-c7ccccc7)c(-c7ccccc7)c56)nc4c3n2)cc1.c1ccc(-c2oc3c(-c4ccccc4)nc4cc(-c5cc(-c6ccccn6)nc(-c6ccccn6)c5)ccc4c3c2-c2ccccc2)cc1.c1ccc(-c2oc3c(-c4ccccc4)nc4cc(-c5ccc6c7ccccc7c7ccccc7c6c5)ccc4c3c2-c2ccccc2)cc1. The van der Waals surface area contributed by atoms with Crippen LogP contribution >= 0.6 is 0 Å². The Bertz CT molecular complexity index is 10100. The van der Waals surface area contributed by atoms with Crippen LogP contribution in [0.25, 0.3) is 288 Å². The molecular weight excluding hydrogens is 1820 g/mol. The Labute approximate surface area is 857 Å². The van der Waals surface area contributed by atoms with Gasteiger partial charge in [-0.05, 0) is 144 Å². The number of nitrogens with zero attached hydrogens (tertiary/aromatic N) is 8. The van der Waals surface area contributed by atoms with Crippen molar-refractivity contribution in [3.05, 3.63) is 522 Å². The van der Waals surface area contributed by atoms with Crippen LogP contribution in [0.2, 0.25) is 0 Å². The first-order valence-corrected chi connectivity index (χ1v) is 50.0. The maximum absolute atomic E-state index is 6.91. The van der Waals surface area contributed by atoms with Crippen LogP contribution in [0.5, 0.6) is 0 Å². The van der Waals surface area contributed by atoms with Gasteiger partial charge in [-0.2, -0.15) is 0 Å². The van der Waals surface area contributed by atoms with Crippen molar-refractivity contribution in [2.45, 2.75) is 0 Å². The van der Waals surface area contributed by atoms with Crippen molar-refractivity contribution < 1.29 is 13.3 Å². The lowest BCUT2D eigenvalue weighted by Crippen LogP contribution is -1.94. The molecule has 0 atom stereocenters. The van der Waals surface area contributed by atoms with Crippen molar-refractivity contribution >= 4 is 120 Å². The highest BCUT2D eigenvalue weighted by atomic mass is 16.3. The molecule has 0 N–H and O–H groups in total. The number of hydrogen-bond donors (Lipinski definition) is 0. The zero-order valence-corrected chi connectivity index (χ0v) is 80.5. The molecule has 696 valence electrons. The fourth-order valence-corrected chi connectivity index (χ4v) is 21.3. The molecule has 0 unspecified atom stereocenters. The average molecular weight is 1900 g/mol. The highest BCUT2D eigenvalue weighted by Gasteiger charge is 2.30. The van der Waals surface area contributed by atoms with Crippen LogP contribution in [0.4, 0.5) is 0 Å². The number of fused-ring (bicyclic) bond motifs is 18. The first kappa shape index (κ1) is 87.8. The van der Waals surface area contributed by atoms with Crippen LogP contribution in [0.15, 0.2) is 535 Å². The first-order chi connectivity index (χ1) is 73.9. The summed E-state index contributed by atoms with van der Waals surface area (Å²) in [5, 5.41) is 16.0. The summed E-state index contributed by atoms with van der Waals surface area (Å²) in [6.07, 6.45) is 3.58. The van der Waals surface area contributed by atoms with Gasteiger partial charge in [-0.25, -0.2) is 29.9 Å². The second-order valence-electron chi connectivity index (χ2n) is 37.3. The zero-order valence-electron chi connectivity index (χ0n) is 80.5. The van der Waals surface area contributed by atoms with Gasteiger partial charge in [0.05, 0.1) is 61.7 Å². The van der Waals surface area contributed by atoms with Crippen molar-refractivity contribution in [2.24, 2.45) is 0 Å². The minimum atomic E-state index is 0.767. The van der Waals surface area contributed by atoms with E-state index in [0.717, 1.165) is 251 Å². The van der Waals surface area contributed by atoms with Crippen LogP contribution < -0.4 is 0 Å². The quantitative estimate of drug-likeness (QED) is 0.0905. The maximum Gasteiger partial charge on any atom is 0.162 e. The van der Waals surface area contributed by atoms with E-state index in [1.807, 2.05) is 140 Å². The fraction of sp³-hybridized carbons (Fsp3) is 0. The molecule has 11 heteroatoms. The van der Waals surface area contributed by atoms with Crippen LogP contribution in [0.3, 0.4) is 0 Å². The number of aromatic nitrogens is 8. The van der Waals surface area contributed by atoms with Gasteiger partial charge in [0, 0.05) is 117 Å². The smallest absolute Gasteiger partial charge is 0.162 e. The van der Waals surface area contributed by atoms with Crippen LogP contribution in [-0.2, 0) is 0 Å². The second kappa shape index (κ2) is 37.9. The third kappa shape index (κ3) is 16.3. The molecule has 0 radical (unpaired) electrons. The molecule has 0 saturated carbocycles. The van der Waals surface area contributed by atoms with E-state index in [9.17, 15) is 0 Å². The number of pyridine rings is 8. The van der Waals surface area contributed by atoms with Crippen molar-refractivity contribution in [1.82, 2.24) is 39.9 Å². The Morgan fingerprint density at radius 1 is 0.148 bits per heavy atom. The topological polar surface area (TPSA) is 143 Å². The largest absolute Gasteiger partial charge is 0.453 e. The van der Waals surface area contributed by atoms with E-state index in [4.69, 9.17) is 43.2 Å². The number of furan rings is 3. The van der Waals surface area contributed by atoms with E-state index in [-0.39, 0.29) is 0 Å². The maximum atomic E-state index is 6.91. The van der Waals surface area contributed by atoms with E-state index in [1.165, 1.54) is 37.9 Å². The van der Waals surface area contributed by atoms with Crippen LogP contribution in [-0.4, -0.2) is 39.9 Å². The highest BCUT2D eigenvalue weighted by Crippen LogP contribution is 2.53. The predicted molar refractivity (Wildman–Crippen MR) is 613 cm³/mol. The zero-order chi connectivity index (χ0) is 98.6. The summed E-state index contributed by atoms with van der Waals surface area (Å²) in [7, 11) is 0. The van der Waals surface area contributed by atoms with Gasteiger partial charge < -0.3 is 13.3 Å². The lowest BCUT2D eigenvalue weighted by atomic mass is 9.91. The summed E-state index contributed by atoms with van der Waals surface area (Å²) in [6.45, 7) is 0. The van der Waals surface area contributed by atoms with Gasteiger partial charge in [-0.1, -0.05) is 437 Å². The first-order valence-electron chi connectivity index (χ1n) is 50.0. The molecule has 0 fully saturated rings. The van der Waals surface area contributed by atoms with E-state index in [0.29, 0.717) is 0 Å². The summed E-state index contributed by atoms with van der Waals surface area (Å²) in [5.74, 6) is 2.51. The normalized spacial score (nSPS) is 11.5. The third-order valence-electron chi connectivity index (χ3n) is 28.3. The van der Waals surface area contributed by atoms with Crippen LogP contribution in [0.1, 0.15) is 0 Å². The standard InChI is InChI=1S/C47H29N3O.C47H29NO.C44H28N4O/c1-5-13-30(14-6-1)38-27-24-33-21-22-34-25-28-39(49-44(34)43(33)48-38)36-23-26-37-40(29-36)50-45(32-17-9-3-10-18-32)47-42(37)41(31-15-7-2-8-16-31)46(51-47)35-19-11-4-12-20-35;1-4-14-30(15-5-1)43-44-40-27-25-34(33-24-26-39-37-22-11-10-20-35(37)36-21-12-13-23-38(36)41(39)28-33)29-42(40)48-45(31-16-6-2-7-17-31)47(44)49-46(43)32-18-8-3-9-19-32;1-4-14-29(15-5-1)40-41-34-23-22-32(33-27-38(35-20-10-12-24-45-35)47-39(28-33)36-21-11-13-25-46-36)26-37(34)48-42(30-16-6-2-7-17-30)44(41)49-43(40)31-18-8-3-9-19-31/h1-29H;1-29H;1-28H. The summed E-state index contributed by atoms with van der Waals surface area (Å²) < 4.78 is 20.7. The molecule has 11 heterocycles. The number of hydrogen-bond acceptors (Lipinski definition) is 11. The minimum absolute atomic E-state index is 0.767. The number of benzene rings is 18. The molecule has 149 heavy (non-hydrogen) atoms. The van der Waals surface area contributed by atoms with Gasteiger partial charge >= 0.3 is 0 Å². The molecule has 0 amide bonds. The van der Waals surface area contributed by atoms with Crippen molar-refractivity contribution in [3.63, 3.8) is 0 Å². The fourth-order valence-electron chi connectivity index (χ4n) is 21.3. The molecule has 0 bridgehead atoms. The average Bonchev–Trinajstić information content (AvgIpc) is 1.61. The van der Waals surface area contributed by atoms with E-state index >= 15 is 0 Å². The van der Waals surface area contributed by atoms with Crippen molar-refractivity contribution in [1.29, 1.82) is 0 Å². The summed E-state index contributed by atoms with van der Waals surface area (Å²) in [5.41, 5.74) is 33.2. The van der Waals surface area contributed by atoms with Gasteiger partial charge in [0.15, 0.2) is 16.7 Å². The minimum Gasteiger partial charge on any atom is -0.453 e. The Morgan fingerprint density at radius 3 is 0.765 bits per heavy atom. The summed E-state index contributed by atoms with van der Waals surface area (Å²) >= 11 is 0.